The molecule has 1 aromatic carbocycles. The van der Waals surface area contributed by atoms with E-state index in [9.17, 15) is 4.79 Å². The number of rotatable bonds is 6. The lowest BCUT2D eigenvalue weighted by Crippen LogP contribution is -2.43. The Labute approximate surface area is 173 Å². The highest BCUT2D eigenvalue weighted by atomic mass is 32.1. The van der Waals surface area contributed by atoms with Crippen molar-refractivity contribution in [2.75, 3.05) is 11.4 Å². The molecule has 1 amide bonds. The lowest BCUT2D eigenvalue weighted by atomic mass is 9.96. The van der Waals surface area contributed by atoms with Gasteiger partial charge in [-0.25, -0.2) is 9.97 Å². The first kappa shape index (κ1) is 18.3. The average molecular weight is 410 g/mol. The quantitative estimate of drug-likeness (QED) is 0.673. The van der Waals surface area contributed by atoms with E-state index in [0.29, 0.717) is 18.1 Å². The second-order valence-electron chi connectivity index (χ2n) is 7.55. The molecule has 2 fully saturated rings. The van der Waals surface area contributed by atoms with Gasteiger partial charge in [0.2, 0.25) is 11.8 Å². The van der Waals surface area contributed by atoms with E-state index in [2.05, 4.69) is 20.2 Å². The van der Waals surface area contributed by atoms with E-state index in [1.165, 1.54) is 24.1 Å². The molecule has 1 aliphatic carbocycles. The summed E-state index contributed by atoms with van der Waals surface area (Å²) >= 11 is 1.52. The molecule has 0 unspecified atom stereocenters. The summed E-state index contributed by atoms with van der Waals surface area (Å²) in [6, 6.07) is 9.76. The van der Waals surface area contributed by atoms with Crippen LogP contribution in [-0.4, -0.2) is 39.5 Å². The van der Waals surface area contributed by atoms with Gasteiger partial charge in [0.25, 0.3) is 0 Å². The highest BCUT2D eigenvalue weighted by Gasteiger charge is 2.33. The van der Waals surface area contributed by atoms with Gasteiger partial charge in [-0.2, -0.15) is 4.98 Å². The molecule has 0 bridgehead atoms. The fourth-order valence-corrected chi connectivity index (χ4v) is 4.78. The van der Waals surface area contributed by atoms with Crippen molar-refractivity contribution in [2.24, 2.45) is 0 Å². The standard InChI is InChI=1S/C21H23N5O2S/c27-19(22-12-14-6-2-1-3-7-14)16-10-5-11-26(16)21-25-18-17(29-21)20(24-13-23-18)28-15-8-4-9-15/h1-3,6-7,13,15-16H,4-5,8-12H2,(H,22,27)/t16-/m1/s1. The summed E-state index contributed by atoms with van der Waals surface area (Å²) in [5, 5.41) is 3.89. The maximum atomic E-state index is 12.8. The van der Waals surface area contributed by atoms with E-state index in [-0.39, 0.29) is 18.1 Å². The maximum Gasteiger partial charge on any atom is 0.243 e. The summed E-state index contributed by atoms with van der Waals surface area (Å²) in [6.07, 6.45) is 6.92. The monoisotopic (exact) mass is 409 g/mol. The molecular weight excluding hydrogens is 386 g/mol. The normalized spacial score (nSPS) is 19.3. The second-order valence-corrected chi connectivity index (χ2v) is 8.53. The molecule has 1 aliphatic heterocycles. The van der Waals surface area contributed by atoms with Crippen LogP contribution in [0.1, 0.15) is 37.7 Å². The Morgan fingerprint density at radius 2 is 2.03 bits per heavy atom. The van der Waals surface area contributed by atoms with Crippen LogP contribution in [0.4, 0.5) is 5.13 Å². The Morgan fingerprint density at radius 3 is 2.83 bits per heavy atom. The van der Waals surface area contributed by atoms with E-state index in [0.717, 1.165) is 47.6 Å². The average Bonchev–Trinajstić information content (AvgIpc) is 3.36. The van der Waals surface area contributed by atoms with E-state index in [1.807, 2.05) is 30.3 Å². The molecule has 2 aliphatic rings. The number of amides is 1. The van der Waals surface area contributed by atoms with E-state index in [1.54, 1.807) is 0 Å². The molecule has 2 aromatic heterocycles. The Morgan fingerprint density at radius 1 is 1.17 bits per heavy atom. The molecule has 3 heterocycles. The molecule has 1 N–H and O–H groups in total. The molecule has 1 saturated carbocycles. The predicted molar refractivity (Wildman–Crippen MR) is 112 cm³/mol. The number of hydrogen-bond acceptors (Lipinski definition) is 7. The fraction of sp³-hybridized carbons (Fsp3) is 0.429. The number of hydrogen-bond donors (Lipinski definition) is 1. The highest BCUT2D eigenvalue weighted by molar-refractivity contribution is 7.22. The summed E-state index contributed by atoms with van der Waals surface area (Å²) < 4.78 is 6.89. The summed E-state index contributed by atoms with van der Waals surface area (Å²) in [5.74, 6) is 0.662. The van der Waals surface area contributed by atoms with Crippen LogP contribution in [0.25, 0.3) is 10.3 Å². The number of ether oxygens (including phenoxy) is 1. The van der Waals surface area contributed by atoms with Gasteiger partial charge in [0.15, 0.2) is 10.8 Å². The first-order chi connectivity index (χ1) is 14.3. The molecule has 0 spiro atoms. The number of aromatic nitrogens is 3. The Kier molecular flexibility index (Phi) is 5.01. The van der Waals surface area contributed by atoms with Crippen molar-refractivity contribution in [3.63, 3.8) is 0 Å². The lowest BCUT2D eigenvalue weighted by Gasteiger charge is -2.25. The summed E-state index contributed by atoms with van der Waals surface area (Å²) in [7, 11) is 0. The van der Waals surface area contributed by atoms with E-state index >= 15 is 0 Å². The van der Waals surface area contributed by atoms with Crippen LogP contribution in [0, 0.1) is 0 Å². The third-order valence-electron chi connectivity index (χ3n) is 5.59. The number of anilines is 1. The Balaban J connectivity index is 1.33. The van der Waals surface area contributed by atoms with Crippen LogP contribution in [0.2, 0.25) is 0 Å². The molecule has 29 heavy (non-hydrogen) atoms. The van der Waals surface area contributed by atoms with E-state index < -0.39 is 0 Å². The summed E-state index contributed by atoms with van der Waals surface area (Å²) in [6.45, 7) is 1.35. The van der Waals surface area contributed by atoms with Crippen molar-refractivity contribution in [3.05, 3.63) is 42.2 Å². The number of fused-ring (bicyclic) bond motifs is 1. The minimum atomic E-state index is -0.205. The number of carbonyl (C=O) groups is 1. The van der Waals surface area contributed by atoms with Crippen LogP contribution in [0.15, 0.2) is 36.7 Å². The number of thiazole rings is 1. The molecule has 1 atom stereocenters. The largest absolute Gasteiger partial charge is 0.473 e. The molecule has 0 radical (unpaired) electrons. The van der Waals surface area contributed by atoms with Gasteiger partial charge < -0.3 is 15.0 Å². The van der Waals surface area contributed by atoms with Crippen molar-refractivity contribution in [3.8, 4) is 5.88 Å². The fourth-order valence-electron chi connectivity index (χ4n) is 3.75. The van der Waals surface area contributed by atoms with Crippen LogP contribution in [0.5, 0.6) is 5.88 Å². The van der Waals surface area contributed by atoms with Gasteiger partial charge in [-0.1, -0.05) is 41.7 Å². The van der Waals surface area contributed by atoms with Crippen LogP contribution >= 0.6 is 11.3 Å². The van der Waals surface area contributed by atoms with E-state index in [4.69, 9.17) is 9.72 Å². The topological polar surface area (TPSA) is 80.2 Å². The third kappa shape index (κ3) is 3.76. The van der Waals surface area contributed by atoms with Gasteiger partial charge in [-0.15, -0.1) is 0 Å². The zero-order valence-corrected chi connectivity index (χ0v) is 16.9. The first-order valence-electron chi connectivity index (χ1n) is 10.1. The van der Waals surface area contributed by atoms with Crippen LogP contribution < -0.4 is 15.0 Å². The van der Waals surface area contributed by atoms with Gasteiger partial charge >= 0.3 is 0 Å². The SMILES string of the molecule is O=C(NCc1ccccc1)[C@H]1CCCN1c1nc2ncnc(OC3CCC3)c2s1. The number of carbonyl (C=O) groups excluding carboxylic acids is 1. The molecule has 1 saturated heterocycles. The molecule has 7 nitrogen and oxygen atoms in total. The van der Waals surface area contributed by atoms with Crippen molar-refractivity contribution >= 4 is 32.7 Å². The second kappa shape index (κ2) is 7.94. The predicted octanol–water partition coefficient (Wildman–Crippen LogP) is 3.30. The highest BCUT2D eigenvalue weighted by Crippen LogP contribution is 2.37. The van der Waals surface area contributed by atoms with Gasteiger partial charge in [0.1, 0.15) is 23.2 Å². The summed E-state index contributed by atoms with van der Waals surface area (Å²) in [5.41, 5.74) is 1.74. The van der Waals surface area contributed by atoms with Gasteiger partial charge in [-0.05, 0) is 37.7 Å². The van der Waals surface area contributed by atoms with Gasteiger partial charge in [0, 0.05) is 13.1 Å². The first-order valence-corrected chi connectivity index (χ1v) is 11.0. The Bertz CT molecular complexity index is 1000. The van der Waals surface area contributed by atoms with Crippen molar-refractivity contribution in [1.29, 1.82) is 0 Å². The maximum absolute atomic E-state index is 12.8. The number of benzene rings is 1. The molecule has 150 valence electrons. The zero-order chi connectivity index (χ0) is 19.6. The molecular formula is C21H23N5O2S. The lowest BCUT2D eigenvalue weighted by molar-refractivity contribution is -0.122. The molecule has 3 aromatic rings. The minimum absolute atomic E-state index is 0.0441. The Hall–Kier alpha value is -2.74. The zero-order valence-electron chi connectivity index (χ0n) is 16.1. The van der Waals surface area contributed by atoms with Crippen LogP contribution in [-0.2, 0) is 11.3 Å². The van der Waals surface area contributed by atoms with Gasteiger partial charge in [-0.3, -0.25) is 4.79 Å². The minimum Gasteiger partial charge on any atom is -0.473 e. The third-order valence-corrected chi connectivity index (χ3v) is 6.66. The van der Waals surface area contributed by atoms with Gasteiger partial charge in [0.05, 0.1) is 0 Å². The smallest absolute Gasteiger partial charge is 0.243 e. The van der Waals surface area contributed by atoms with Crippen molar-refractivity contribution < 1.29 is 9.53 Å². The molecule has 8 heteroatoms. The van der Waals surface area contributed by atoms with Crippen molar-refractivity contribution in [2.45, 2.75) is 50.8 Å². The number of nitrogens with zero attached hydrogens (tertiary/aromatic N) is 4. The van der Waals surface area contributed by atoms with Crippen molar-refractivity contribution in [1.82, 2.24) is 20.3 Å². The summed E-state index contributed by atoms with van der Waals surface area (Å²) in [4.78, 5) is 28.3. The molecule has 5 rings (SSSR count). The number of nitrogens with one attached hydrogen (secondary N) is 1. The van der Waals surface area contributed by atoms with Crippen LogP contribution in [0.3, 0.4) is 0 Å².